The maximum Gasteiger partial charge on any atom is 0.277 e. The first kappa shape index (κ1) is 18.1. The van der Waals surface area contributed by atoms with E-state index >= 15 is 0 Å². The molecule has 1 heterocycles. The van der Waals surface area contributed by atoms with Crippen molar-refractivity contribution >= 4 is 17.5 Å². The highest BCUT2D eigenvalue weighted by Crippen LogP contribution is 2.15. The van der Waals surface area contributed by atoms with Gasteiger partial charge in [-0.2, -0.15) is 0 Å². The molecule has 8 heteroatoms. The number of rotatable bonds is 6. The van der Waals surface area contributed by atoms with Crippen LogP contribution in [-0.4, -0.2) is 29.5 Å². The fraction of sp³-hybridized carbons (Fsp3) is 0.250. The van der Waals surface area contributed by atoms with Gasteiger partial charge < -0.3 is 15.6 Å². The summed E-state index contributed by atoms with van der Waals surface area (Å²) in [6.45, 7) is -1.57. The summed E-state index contributed by atoms with van der Waals surface area (Å²) in [6.07, 6.45) is 1.31. The highest BCUT2D eigenvalue weighted by atomic mass is 35.5. The topological polar surface area (TPSA) is 77.1 Å². The van der Waals surface area contributed by atoms with Crippen molar-refractivity contribution in [3.05, 3.63) is 69.1 Å². The number of nitrogens with one attached hydrogen (secondary N) is 1. The zero-order chi connectivity index (χ0) is 17.7. The van der Waals surface area contributed by atoms with E-state index in [9.17, 15) is 18.4 Å². The number of benzene rings is 1. The van der Waals surface area contributed by atoms with Gasteiger partial charge in [0.1, 0.15) is 0 Å². The molecule has 24 heavy (non-hydrogen) atoms. The minimum atomic E-state index is -3.18. The molecule has 0 aliphatic rings. The van der Waals surface area contributed by atoms with Crippen LogP contribution in [0.25, 0.3) is 0 Å². The van der Waals surface area contributed by atoms with Gasteiger partial charge in [-0.25, -0.2) is 8.78 Å². The molecule has 0 spiro atoms. The number of nitrogens with two attached hydrogens (primary N) is 1. The Balaban J connectivity index is 2.18. The zero-order valence-electron chi connectivity index (χ0n) is 12.6. The van der Waals surface area contributed by atoms with Gasteiger partial charge in [0.15, 0.2) is 0 Å². The van der Waals surface area contributed by atoms with Crippen molar-refractivity contribution in [1.29, 1.82) is 0 Å². The minimum Gasteiger partial charge on any atom is -0.346 e. The number of pyridine rings is 1. The van der Waals surface area contributed by atoms with Crippen molar-refractivity contribution in [3.63, 3.8) is 0 Å². The second kappa shape index (κ2) is 7.55. The van der Waals surface area contributed by atoms with E-state index in [0.717, 1.165) is 0 Å². The van der Waals surface area contributed by atoms with Crippen LogP contribution in [0.3, 0.4) is 0 Å². The summed E-state index contributed by atoms with van der Waals surface area (Å²) in [5.74, 6) is -3.89. The number of aromatic nitrogens is 1. The van der Waals surface area contributed by atoms with E-state index < -0.39 is 24.9 Å². The molecule has 0 saturated heterocycles. The van der Waals surface area contributed by atoms with Crippen molar-refractivity contribution in [1.82, 2.24) is 9.88 Å². The number of alkyl halides is 2. The summed E-state index contributed by atoms with van der Waals surface area (Å²) < 4.78 is 27.5. The van der Waals surface area contributed by atoms with Crippen LogP contribution in [0.2, 0.25) is 5.02 Å². The quantitative estimate of drug-likeness (QED) is 0.830. The van der Waals surface area contributed by atoms with Crippen LogP contribution in [-0.2, 0) is 6.54 Å². The fourth-order valence-corrected chi connectivity index (χ4v) is 2.18. The van der Waals surface area contributed by atoms with Gasteiger partial charge in [0.2, 0.25) is 0 Å². The van der Waals surface area contributed by atoms with E-state index in [-0.39, 0.29) is 17.7 Å². The van der Waals surface area contributed by atoms with Gasteiger partial charge in [0, 0.05) is 17.3 Å². The van der Waals surface area contributed by atoms with Crippen LogP contribution in [0, 0.1) is 0 Å². The molecular weight excluding hydrogens is 340 g/mol. The lowest BCUT2D eigenvalue weighted by molar-refractivity contribution is 0.0118. The second-order valence-corrected chi connectivity index (χ2v) is 5.63. The average molecular weight is 356 g/mol. The van der Waals surface area contributed by atoms with Crippen molar-refractivity contribution in [2.75, 3.05) is 13.1 Å². The van der Waals surface area contributed by atoms with Gasteiger partial charge in [-0.3, -0.25) is 9.59 Å². The molecule has 1 aromatic carbocycles. The van der Waals surface area contributed by atoms with E-state index in [0.29, 0.717) is 10.6 Å². The number of halogens is 3. The lowest BCUT2D eigenvalue weighted by atomic mass is 10.2. The molecular formula is C16H16ClF2N3O2. The number of amides is 1. The third-order valence-electron chi connectivity index (χ3n) is 3.35. The standard InChI is InChI=1S/C16H16ClF2N3O2/c17-13-4-2-1-3-11(13)7-22-8-12(5-6-14(22)23)15(24)21-10-16(18,19)9-20/h1-6,8H,7,9-10,20H2,(H,21,24). The molecule has 1 amide bonds. The van der Waals surface area contributed by atoms with Gasteiger partial charge in [-0.05, 0) is 17.7 Å². The molecule has 0 saturated carbocycles. The monoisotopic (exact) mass is 355 g/mol. The predicted molar refractivity (Wildman–Crippen MR) is 87.6 cm³/mol. The molecule has 128 valence electrons. The summed E-state index contributed by atoms with van der Waals surface area (Å²) in [6, 6.07) is 9.46. The Labute approximate surface area is 142 Å². The van der Waals surface area contributed by atoms with Gasteiger partial charge in [0.25, 0.3) is 17.4 Å². The summed E-state index contributed by atoms with van der Waals surface area (Å²) in [4.78, 5) is 23.9. The molecule has 0 aliphatic heterocycles. The van der Waals surface area contributed by atoms with Crippen LogP contribution in [0.15, 0.2) is 47.4 Å². The number of hydrogen-bond donors (Lipinski definition) is 2. The Hall–Kier alpha value is -2.25. The van der Waals surface area contributed by atoms with Crippen molar-refractivity contribution < 1.29 is 13.6 Å². The highest BCUT2D eigenvalue weighted by molar-refractivity contribution is 6.31. The number of carbonyl (C=O) groups excluding carboxylic acids is 1. The lowest BCUT2D eigenvalue weighted by Gasteiger charge is -2.15. The first-order chi connectivity index (χ1) is 11.3. The minimum absolute atomic E-state index is 0.0921. The van der Waals surface area contributed by atoms with Crippen LogP contribution in [0.1, 0.15) is 15.9 Å². The zero-order valence-corrected chi connectivity index (χ0v) is 13.4. The Morgan fingerprint density at radius 3 is 2.62 bits per heavy atom. The molecule has 0 fully saturated rings. The first-order valence-electron chi connectivity index (χ1n) is 7.12. The summed E-state index contributed by atoms with van der Waals surface area (Å²) >= 11 is 6.05. The smallest absolute Gasteiger partial charge is 0.277 e. The summed E-state index contributed by atoms with van der Waals surface area (Å²) in [5.41, 5.74) is 5.38. The fourth-order valence-electron chi connectivity index (χ4n) is 1.98. The molecule has 2 aromatic rings. The van der Waals surface area contributed by atoms with Crippen molar-refractivity contribution in [2.45, 2.75) is 12.5 Å². The molecule has 0 bridgehead atoms. The molecule has 1 aromatic heterocycles. The van der Waals surface area contributed by atoms with Crippen LogP contribution < -0.4 is 16.6 Å². The van der Waals surface area contributed by atoms with Crippen molar-refractivity contribution in [3.8, 4) is 0 Å². The normalized spacial score (nSPS) is 11.3. The third kappa shape index (κ3) is 4.62. The lowest BCUT2D eigenvalue weighted by Crippen LogP contribution is -2.41. The van der Waals surface area contributed by atoms with E-state index in [1.807, 2.05) is 0 Å². The van der Waals surface area contributed by atoms with Gasteiger partial charge in [0.05, 0.1) is 25.2 Å². The summed E-state index contributed by atoms with van der Waals surface area (Å²) in [7, 11) is 0. The Kier molecular flexibility index (Phi) is 5.69. The number of hydrogen-bond acceptors (Lipinski definition) is 3. The average Bonchev–Trinajstić information content (AvgIpc) is 2.56. The van der Waals surface area contributed by atoms with E-state index in [1.165, 1.54) is 22.9 Å². The van der Waals surface area contributed by atoms with Gasteiger partial charge in [-0.15, -0.1) is 0 Å². The van der Waals surface area contributed by atoms with E-state index in [1.54, 1.807) is 24.3 Å². The molecule has 0 unspecified atom stereocenters. The van der Waals surface area contributed by atoms with Crippen LogP contribution >= 0.6 is 11.6 Å². The molecule has 0 radical (unpaired) electrons. The molecule has 3 N–H and O–H groups in total. The third-order valence-corrected chi connectivity index (χ3v) is 3.72. The number of nitrogens with zero attached hydrogens (tertiary/aromatic N) is 1. The maximum absolute atomic E-state index is 13.1. The largest absolute Gasteiger partial charge is 0.346 e. The molecule has 2 rings (SSSR count). The second-order valence-electron chi connectivity index (χ2n) is 5.22. The van der Waals surface area contributed by atoms with E-state index in [2.05, 4.69) is 5.32 Å². The first-order valence-corrected chi connectivity index (χ1v) is 7.50. The Morgan fingerprint density at radius 1 is 1.25 bits per heavy atom. The SMILES string of the molecule is NCC(F)(F)CNC(=O)c1ccc(=O)n(Cc2ccccc2Cl)c1. The predicted octanol–water partition coefficient (Wildman–Crippen LogP) is 1.87. The molecule has 0 atom stereocenters. The molecule has 0 aliphatic carbocycles. The van der Waals surface area contributed by atoms with Gasteiger partial charge >= 0.3 is 0 Å². The summed E-state index contributed by atoms with van der Waals surface area (Å²) in [5, 5.41) is 2.59. The van der Waals surface area contributed by atoms with Gasteiger partial charge in [-0.1, -0.05) is 29.8 Å². The van der Waals surface area contributed by atoms with Crippen LogP contribution in [0.5, 0.6) is 0 Å². The highest BCUT2D eigenvalue weighted by Gasteiger charge is 2.27. The number of carbonyl (C=O) groups is 1. The Bertz CT molecular complexity index is 793. The Morgan fingerprint density at radius 2 is 1.96 bits per heavy atom. The van der Waals surface area contributed by atoms with E-state index in [4.69, 9.17) is 17.3 Å². The maximum atomic E-state index is 13.1. The molecule has 5 nitrogen and oxygen atoms in total. The van der Waals surface area contributed by atoms with Crippen molar-refractivity contribution in [2.24, 2.45) is 5.73 Å². The van der Waals surface area contributed by atoms with Crippen LogP contribution in [0.4, 0.5) is 8.78 Å².